The summed E-state index contributed by atoms with van der Waals surface area (Å²) in [6.07, 6.45) is 6.38. The zero-order valence-corrected chi connectivity index (χ0v) is 9.46. The Morgan fingerprint density at radius 1 is 1.62 bits per heavy atom. The highest BCUT2D eigenvalue weighted by Gasteiger charge is 2.33. The molecule has 2 heterocycles. The predicted molar refractivity (Wildman–Crippen MR) is 58.7 cm³/mol. The highest BCUT2D eigenvalue weighted by molar-refractivity contribution is 5.76. The minimum atomic E-state index is -0.704. The first-order valence-corrected chi connectivity index (χ1v) is 5.53. The van der Waals surface area contributed by atoms with Gasteiger partial charge in [-0.2, -0.15) is 0 Å². The highest BCUT2D eigenvalue weighted by Crippen LogP contribution is 2.20. The molecule has 5 nitrogen and oxygen atoms in total. The van der Waals surface area contributed by atoms with Crippen LogP contribution < -0.4 is 0 Å². The number of likely N-dealkylation sites (tertiary alicyclic amines) is 1. The summed E-state index contributed by atoms with van der Waals surface area (Å²) in [7, 11) is 0. The molecule has 0 aromatic carbocycles. The van der Waals surface area contributed by atoms with Gasteiger partial charge in [0.05, 0.1) is 11.9 Å². The number of nitrogens with zero attached hydrogens (tertiary/aromatic N) is 3. The van der Waals surface area contributed by atoms with Crippen LogP contribution in [0.25, 0.3) is 0 Å². The number of hydrogen-bond donors (Lipinski definition) is 1. The number of carbonyl (C=O) groups excluding carboxylic acids is 1. The van der Waals surface area contributed by atoms with Crippen LogP contribution in [-0.4, -0.2) is 44.2 Å². The summed E-state index contributed by atoms with van der Waals surface area (Å²) in [6.45, 7) is 3.54. The largest absolute Gasteiger partial charge is 0.388 e. The average Bonchev–Trinajstić information content (AvgIpc) is 2.83. The number of imidazole rings is 1. The molecule has 2 rings (SSSR count). The van der Waals surface area contributed by atoms with Gasteiger partial charge in [0.2, 0.25) is 5.91 Å². The number of aromatic nitrogens is 2. The lowest BCUT2D eigenvalue weighted by Crippen LogP contribution is -2.34. The minimum Gasteiger partial charge on any atom is -0.388 e. The molecule has 1 aromatic heterocycles. The van der Waals surface area contributed by atoms with E-state index in [0.29, 0.717) is 32.5 Å². The maximum atomic E-state index is 11.8. The van der Waals surface area contributed by atoms with E-state index >= 15 is 0 Å². The molecule has 1 N–H and O–H groups in total. The fourth-order valence-corrected chi connectivity index (χ4v) is 1.96. The van der Waals surface area contributed by atoms with Crippen LogP contribution in [0.3, 0.4) is 0 Å². The standard InChI is InChI=1S/C11H17N3O2/c1-11(16)3-6-14(8-11)10(15)2-5-13-7-4-12-9-13/h4,7,9,16H,2-3,5-6,8H2,1H3. The summed E-state index contributed by atoms with van der Waals surface area (Å²) in [4.78, 5) is 17.5. The van der Waals surface area contributed by atoms with Crippen molar-refractivity contribution in [2.45, 2.75) is 31.9 Å². The number of amides is 1. The zero-order valence-electron chi connectivity index (χ0n) is 9.46. The maximum absolute atomic E-state index is 11.8. The Labute approximate surface area is 94.7 Å². The number of hydrogen-bond acceptors (Lipinski definition) is 3. The number of aryl methyl sites for hydroxylation is 1. The van der Waals surface area contributed by atoms with Crippen molar-refractivity contribution in [1.29, 1.82) is 0 Å². The van der Waals surface area contributed by atoms with Crippen molar-refractivity contribution < 1.29 is 9.90 Å². The van der Waals surface area contributed by atoms with Crippen LogP contribution >= 0.6 is 0 Å². The van der Waals surface area contributed by atoms with Gasteiger partial charge >= 0.3 is 0 Å². The number of carbonyl (C=O) groups is 1. The molecular weight excluding hydrogens is 206 g/mol. The van der Waals surface area contributed by atoms with Crippen molar-refractivity contribution in [3.8, 4) is 0 Å². The van der Waals surface area contributed by atoms with E-state index in [9.17, 15) is 9.90 Å². The minimum absolute atomic E-state index is 0.103. The van der Waals surface area contributed by atoms with Crippen molar-refractivity contribution in [3.05, 3.63) is 18.7 Å². The third-order valence-corrected chi connectivity index (χ3v) is 2.95. The molecule has 1 aliphatic heterocycles. The van der Waals surface area contributed by atoms with Gasteiger partial charge in [-0.05, 0) is 13.3 Å². The van der Waals surface area contributed by atoms with Gasteiger partial charge < -0.3 is 14.6 Å². The molecule has 0 radical (unpaired) electrons. The van der Waals surface area contributed by atoms with Crippen molar-refractivity contribution in [2.75, 3.05) is 13.1 Å². The van der Waals surface area contributed by atoms with Crippen LogP contribution in [0.1, 0.15) is 19.8 Å². The molecular formula is C11H17N3O2. The second-order valence-electron chi connectivity index (χ2n) is 4.61. The first kappa shape index (κ1) is 11.1. The average molecular weight is 223 g/mol. The van der Waals surface area contributed by atoms with E-state index in [0.717, 1.165) is 0 Å². The van der Waals surface area contributed by atoms with Crippen LogP contribution in [0.15, 0.2) is 18.7 Å². The van der Waals surface area contributed by atoms with Crippen molar-refractivity contribution in [2.24, 2.45) is 0 Å². The van der Waals surface area contributed by atoms with Crippen LogP contribution in [-0.2, 0) is 11.3 Å². The van der Waals surface area contributed by atoms with Gasteiger partial charge in [0.25, 0.3) is 0 Å². The molecule has 0 aliphatic carbocycles. The van der Waals surface area contributed by atoms with Gasteiger partial charge in [0.1, 0.15) is 0 Å². The van der Waals surface area contributed by atoms with Crippen molar-refractivity contribution in [1.82, 2.24) is 14.5 Å². The molecule has 0 spiro atoms. The third kappa shape index (κ3) is 2.61. The first-order chi connectivity index (χ1) is 7.57. The lowest BCUT2D eigenvalue weighted by molar-refractivity contribution is -0.131. The summed E-state index contributed by atoms with van der Waals surface area (Å²) in [5.41, 5.74) is -0.704. The zero-order chi connectivity index (χ0) is 11.6. The molecule has 1 aliphatic rings. The number of rotatable bonds is 3. The first-order valence-electron chi connectivity index (χ1n) is 5.53. The van der Waals surface area contributed by atoms with E-state index in [-0.39, 0.29) is 5.91 Å². The molecule has 16 heavy (non-hydrogen) atoms. The summed E-state index contributed by atoms with van der Waals surface area (Å²) >= 11 is 0. The van der Waals surface area contributed by atoms with E-state index in [1.165, 1.54) is 0 Å². The quantitative estimate of drug-likeness (QED) is 0.799. The Morgan fingerprint density at radius 2 is 2.44 bits per heavy atom. The lowest BCUT2D eigenvalue weighted by Gasteiger charge is -2.19. The molecule has 88 valence electrons. The van der Waals surface area contributed by atoms with Gasteiger partial charge in [-0.3, -0.25) is 4.79 Å². The second kappa shape index (κ2) is 4.25. The third-order valence-electron chi connectivity index (χ3n) is 2.95. The highest BCUT2D eigenvalue weighted by atomic mass is 16.3. The Morgan fingerprint density at radius 3 is 3.00 bits per heavy atom. The fourth-order valence-electron chi connectivity index (χ4n) is 1.96. The van der Waals surface area contributed by atoms with Gasteiger partial charge in [-0.15, -0.1) is 0 Å². The van der Waals surface area contributed by atoms with E-state index in [1.54, 1.807) is 24.3 Å². The van der Waals surface area contributed by atoms with Crippen LogP contribution in [0.2, 0.25) is 0 Å². The van der Waals surface area contributed by atoms with Gasteiger partial charge in [-0.25, -0.2) is 4.98 Å². The van der Waals surface area contributed by atoms with E-state index in [1.807, 2.05) is 10.8 Å². The van der Waals surface area contributed by atoms with Gasteiger partial charge in [-0.1, -0.05) is 0 Å². The molecule has 5 heteroatoms. The number of aliphatic hydroxyl groups is 1. The Bertz CT molecular complexity index is 359. The molecule has 1 aromatic rings. The molecule has 1 unspecified atom stereocenters. The SMILES string of the molecule is CC1(O)CCN(C(=O)CCn2ccnc2)C1. The monoisotopic (exact) mass is 223 g/mol. The van der Waals surface area contributed by atoms with Crippen LogP contribution in [0.4, 0.5) is 0 Å². The second-order valence-corrected chi connectivity index (χ2v) is 4.61. The predicted octanol–water partition coefficient (Wildman–Crippen LogP) is 0.256. The lowest BCUT2D eigenvalue weighted by atomic mass is 10.1. The smallest absolute Gasteiger partial charge is 0.224 e. The molecule has 0 saturated carbocycles. The summed E-state index contributed by atoms with van der Waals surface area (Å²) in [5.74, 6) is 0.103. The molecule has 1 atom stereocenters. The Kier molecular flexibility index (Phi) is 2.96. The molecule has 1 fully saturated rings. The van der Waals surface area contributed by atoms with Crippen LogP contribution in [0, 0.1) is 0 Å². The van der Waals surface area contributed by atoms with Crippen molar-refractivity contribution in [3.63, 3.8) is 0 Å². The normalized spacial score (nSPS) is 25.0. The van der Waals surface area contributed by atoms with Gasteiger partial charge in [0.15, 0.2) is 0 Å². The Balaban J connectivity index is 1.81. The van der Waals surface area contributed by atoms with E-state index in [4.69, 9.17) is 0 Å². The molecule has 0 bridgehead atoms. The van der Waals surface area contributed by atoms with E-state index in [2.05, 4.69) is 4.98 Å². The summed E-state index contributed by atoms with van der Waals surface area (Å²) in [5, 5.41) is 9.76. The molecule has 1 saturated heterocycles. The topological polar surface area (TPSA) is 58.4 Å². The van der Waals surface area contributed by atoms with Crippen molar-refractivity contribution >= 4 is 5.91 Å². The Hall–Kier alpha value is -1.36. The fraction of sp³-hybridized carbons (Fsp3) is 0.636. The molecule has 1 amide bonds. The number of β-amino-alcohol motifs (C(OH)–C–C–N with tert-alkyl or cyclic N) is 1. The summed E-state index contributed by atoms with van der Waals surface area (Å²) < 4.78 is 1.88. The van der Waals surface area contributed by atoms with Crippen LogP contribution in [0.5, 0.6) is 0 Å². The van der Waals surface area contributed by atoms with Gasteiger partial charge in [0, 0.05) is 38.4 Å². The summed E-state index contributed by atoms with van der Waals surface area (Å²) in [6, 6.07) is 0. The maximum Gasteiger partial charge on any atom is 0.224 e. The van der Waals surface area contributed by atoms with E-state index < -0.39 is 5.60 Å².